The molecule has 4 nitrogen and oxygen atoms in total. The molecule has 3 rings (SSSR count). The van der Waals surface area contributed by atoms with Gasteiger partial charge in [0, 0.05) is 6.54 Å². The topological polar surface area (TPSA) is 56.1 Å². The zero-order valence-electron chi connectivity index (χ0n) is 12.3. The smallest absolute Gasteiger partial charge is 0.240 e. The van der Waals surface area contributed by atoms with Crippen molar-refractivity contribution in [1.29, 1.82) is 5.26 Å². The maximum atomic E-state index is 12.6. The summed E-state index contributed by atoms with van der Waals surface area (Å²) in [6.45, 7) is 0.721. The molecular formula is C16H20ClN3OS. The first-order valence-electron chi connectivity index (χ1n) is 7.42. The summed E-state index contributed by atoms with van der Waals surface area (Å²) in [5.41, 5.74) is 1.21. The predicted octanol–water partition coefficient (Wildman–Crippen LogP) is 2.72. The van der Waals surface area contributed by atoms with Gasteiger partial charge in [0.2, 0.25) is 5.91 Å². The summed E-state index contributed by atoms with van der Waals surface area (Å²) >= 11 is 1.84. The lowest BCUT2D eigenvalue weighted by Crippen LogP contribution is -2.50. The quantitative estimate of drug-likeness (QED) is 0.901. The highest BCUT2D eigenvalue weighted by molar-refractivity contribution is 7.99. The van der Waals surface area contributed by atoms with Crippen molar-refractivity contribution >= 4 is 30.1 Å². The molecule has 2 aliphatic rings. The Hall–Kier alpha value is -1.22. The van der Waals surface area contributed by atoms with Gasteiger partial charge in [0.1, 0.15) is 6.04 Å². The minimum atomic E-state index is -0.232. The zero-order valence-corrected chi connectivity index (χ0v) is 13.9. The third-order valence-corrected chi connectivity index (χ3v) is 5.34. The van der Waals surface area contributed by atoms with Crippen molar-refractivity contribution in [3.05, 3.63) is 35.9 Å². The number of nitriles is 1. The Morgan fingerprint density at radius 2 is 2.09 bits per heavy atom. The van der Waals surface area contributed by atoms with Crippen LogP contribution < -0.4 is 5.32 Å². The summed E-state index contributed by atoms with van der Waals surface area (Å²) in [5, 5.41) is 12.8. The van der Waals surface area contributed by atoms with Crippen LogP contribution in [0.3, 0.4) is 0 Å². The van der Waals surface area contributed by atoms with E-state index in [-0.39, 0.29) is 35.8 Å². The Kier molecular flexibility index (Phi) is 6.13. The molecule has 1 N–H and O–H groups in total. The van der Waals surface area contributed by atoms with Crippen LogP contribution in [0.15, 0.2) is 30.3 Å². The molecule has 2 heterocycles. The number of likely N-dealkylation sites (tertiary alicyclic amines) is 1. The van der Waals surface area contributed by atoms with Crippen molar-refractivity contribution in [2.24, 2.45) is 0 Å². The number of halogens is 1. The number of carbonyl (C=O) groups is 1. The van der Waals surface area contributed by atoms with Crippen LogP contribution in [-0.2, 0) is 4.79 Å². The minimum Gasteiger partial charge on any atom is -0.325 e. The molecule has 1 amide bonds. The lowest BCUT2D eigenvalue weighted by Gasteiger charge is -2.33. The molecule has 22 heavy (non-hydrogen) atoms. The van der Waals surface area contributed by atoms with Gasteiger partial charge in [-0.3, -0.25) is 10.1 Å². The van der Waals surface area contributed by atoms with E-state index < -0.39 is 0 Å². The Morgan fingerprint density at radius 3 is 2.82 bits per heavy atom. The second-order valence-corrected chi connectivity index (χ2v) is 6.70. The lowest BCUT2D eigenvalue weighted by atomic mass is 10.1. The summed E-state index contributed by atoms with van der Waals surface area (Å²) in [7, 11) is 0. The number of hydrogen-bond acceptors (Lipinski definition) is 4. The molecule has 2 fully saturated rings. The van der Waals surface area contributed by atoms with Gasteiger partial charge in [0.05, 0.1) is 17.5 Å². The molecule has 0 aliphatic carbocycles. The minimum absolute atomic E-state index is 0. The van der Waals surface area contributed by atoms with Crippen LogP contribution in [0, 0.1) is 11.3 Å². The largest absolute Gasteiger partial charge is 0.325 e. The van der Waals surface area contributed by atoms with E-state index in [4.69, 9.17) is 5.26 Å². The number of thioether (sulfide) groups is 1. The third kappa shape index (κ3) is 3.57. The van der Waals surface area contributed by atoms with E-state index in [1.165, 1.54) is 5.56 Å². The molecule has 0 saturated carbocycles. The van der Waals surface area contributed by atoms with Crippen LogP contribution >= 0.6 is 24.2 Å². The number of nitrogens with zero attached hydrogens (tertiary/aromatic N) is 2. The Morgan fingerprint density at radius 1 is 1.32 bits per heavy atom. The molecular weight excluding hydrogens is 318 g/mol. The van der Waals surface area contributed by atoms with Gasteiger partial charge in [-0.05, 0) is 30.6 Å². The highest BCUT2D eigenvalue weighted by Crippen LogP contribution is 2.32. The van der Waals surface area contributed by atoms with Crippen molar-refractivity contribution < 1.29 is 4.79 Å². The van der Waals surface area contributed by atoms with Gasteiger partial charge in [0.15, 0.2) is 0 Å². The van der Waals surface area contributed by atoms with Crippen molar-refractivity contribution in [3.8, 4) is 6.07 Å². The summed E-state index contributed by atoms with van der Waals surface area (Å²) in [6.07, 6.45) is 2.58. The van der Waals surface area contributed by atoms with E-state index in [1.54, 1.807) is 4.90 Å². The Bertz CT molecular complexity index is 548. The molecule has 1 unspecified atom stereocenters. The number of amides is 1. The van der Waals surface area contributed by atoms with Crippen LogP contribution in [0.5, 0.6) is 0 Å². The summed E-state index contributed by atoms with van der Waals surface area (Å²) in [5.74, 6) is 1.06. The van der Waals surface area contributed by atoms with Crippen LogP contribution in [0.1, 0.15) is 30.2 Å². The molecule has 0 radical (unpaired) electrons. The molecule has 3 atom stereocenters. The van der Waals surface area contributed by atoms with Crippen LogP contribution in [0.25, 0.3) is 0 Å². The van der Waals surface area contributed by atoms with Gasteiger partial charge in [0.25, 0.3) is 0 Å². The standard InChI is InChI=1S/C16H19N3OS.ClH/c17-11-13-7-4-9-19(13)16(20)14-8-10-21-15(18-14)12-5-2-1-3-6-12;/h1-3,5-6,13-15,18H,4,7-10H2;1H/t13-,14-,15?;/m0./s1. The monoisotopic (exact) mass is 337 g/mol. The number of nitrogens with one attached hydrogen (secondary N) is 1. The van der Waals surface area contributed by atoms with Gasteiger partial charge in [-0.25, -0.2) is 0 Å². The lowest BCUT2D eigenvalue weighted by molar-refractivity contribution is -0.133. The average Bonchev–Trinajstić information content (AvgIpc) is 3.04. The van der Waals surface area contributed by atoms with Gasteiger partial charge in [-0.1, -0.05) is 30.3 Å². The summed E-state index contributed by atoms with van der Waals surface area (Å²) in [4.78, 5) is 14.4. The maximum absolute atomic E-state index is 12.6. The number of carbonyl (C=O) groups excluding carboxylic acids is 1. The summed E-state index contributed by atoms with van der Waals surface area (Å²) in [6, 6.07) is 12.1. The maximum Gasteiger partial charge on any atom is 0.240 e. The predicted molar refractivity (Wildman–Crippen MR) is 90.8 cm³/mol. The fourth-order valence-corrected chi connectivity index (χ4v) is 4.22. The molecule has 0 aromatic heterocycles. The molecule has 0 spiro atoms. The van der Waals surface area contributed by atoms with Crippen LogP contribution in [0.2, 0.25) is 0 Å². The molecule has 6 heteroatoms. The second-order valence-electron chi connectivity index (χ2n) is 5.49. The van der Waals surface area contributed by atoms with Crippen LogP contribution in [0.4, 0.5) is 0 Å². The first-order valence-corrected chi connectivity index (χ1v) is 8.47. The molecule has 0 bridgehead atoms. The van der Waals surface area contributed by atoms with Crippen molar-refractivity contribution in [1.82, 2.24) is 10.2 Å². The third-order valence-electron chi connectivity index (χ3n) is 4.13. The number of hydrogen-bond donors (Lipinski definition) is 1. The number of rotatable bonds is 2. The van der Waals surface area contributed by atoms with Crippen molar-refractivity contribution in [2.75, 3.05) is 12.3 Å². The van der Waals surface area contributed by atoms with E-state index in [1.807, 2.05) is 30.0 Å². The van der Waals surface area contributed by atoms with Crippen LogP contribution in [-0.4, -0.2) is 35.2 Å². The fourth-order valence-electron chi connectivity index (χ4n) is 3.00. The van der Waals surface area contributed by atoms with E-state index >= 15 is 0 Å². The molecule has 118 valence electrons. The highest BCUT2D eigenvalue weighted by atomic mass is 35.5. The first-order chi connectivity index (χ1) is 10.3. The van der Waals surface area contributed by atoms with Gasteiger partial charge in [-0.2, -0.15) is 5.26 Å². The zero-order chi connectivity index (χ0) is 14.7. The van der Waals surface area contributed by atoms with E-state index in [9.17, 15) is 4.79 Å². The first kappa shape index (κ1) is 17.1. The number of benzene rings is 1. The fraction of sp³-hybridized carbons (Fsp3) is 0.500. The molecule has 2 aliphatic heterocycles. The normalized spacial score (nSPS) is 27.8. The molecule has 1 aromatic rings. The average molecular weight is 338 g/mol. The van der Waals surface area contributed by atoms with Gasteiger partial charge >= 0.3 is 0 Å². The van der Waals surface area contributed by atoms with Gasteiger partial charge in [-0.15, -0.1) is 24.2 Å². The van der Waals surface area contributed by atoms with Crippen molar-refractivity contribution in [2.45, 2.75) is 36.7 Å². The Labute approximate surface area is 141 Å². The Balaban J connectivity index is 0.00000176. The summed E-state index contributed by atoms with van der Waals surface area (Å²) < 4.78 is 0. The molecule has 1 aromatic carbocycles. The van der Waals surface area contributed by atoms with Crippen molar-refractivity contribution in [3.63, 3.8) is 0 Å². The SMILES string of the molecule is Cl.N#C[C@@H]1CCCN1C(=O)[C@@H]1CCSC(c2ccccc2)N1. The van der Waals surface area contributed by atoms with Gasteiger partial charge < -0.3 is 4.90 Å². The van der Waals surface area contributed by atoms with E-state index in [0.717, 1.165) is 31.6 Å². The van der Waals surface area contributed by atoms with E-state index in [0.29, 0.717) is 0 Å². The van der Waals surface area contributed by atoms with E-state index in [2.05, 4.69) is 23.5 Å². The molecule has 2 saturated heterocycles. The second kappa shape index (κ2) is 7.87. The highest BCUT2D eigenvalue weighted by Gasteiger charge is 2.35.